The van der Waals surface area contributed by atoms with Crippen LogP contribution in [0.5, 0.6) is 5.88 Å². The van der Waals surface area contributed by atoms with Crippen LogP contribution in [0.4, 0.5) is 4.79 Å². The van der Waals surface area contributed by atoms with E-state index in [2.05, 4.69) is 15.3 Å². The number of aliphatic imine (C=N–C) groups is 1. The first-order valence-electron chi connectivity index (χ1n) is 15.3. The van der Waals surface area contributed by atoms with E-state index < -0.39 is 34.4 Å². The first-order valence-corrected chi connectivity index (χ1v) is 16.8. The van der Waals surface area contributed by atoms with Crippen molar-refractivity contribution < 1.29 is 37.6 Å². The van der Waals surface area contributed by atoms with Gasteiger partial charge in [-0.05, 0) is 49.4 Å². The Hall–Kier alpha value is -3.49. The minimum Gasteiger partial charge on any atom is -0.494 e. The summed E-state index contributed by atoms with van der Waals surface area (Å²) in [5.41, 5.74) is 1.81. The summed E-state index contributed by atoms with van der Waals surface area (Å²) < 4.78 is 46.2. The number of H-pyrrole nitrogens is 1. The Morgan fingerprint density at radius 3 is 2.71 bits per heavy atom. The molecule has 0 saturated carbocycles. The van der Waals surface area contributed by atoms with Crippen LogP contribution in [0.2, 0.25) is 0 Å². The lowest BCUT2D eigenvalue weighted by Gasteiger charge is -2.31. The highest BCUT2D eigenvalue weighted by Gasteiger charge is 2.44. The zero-order valence-electron chi connectivity index (χ0n) is 25.8. The summed E-state index contributed by atoms with van der Waals surface area (Å²) in [5.74, 6) is -0.213. The van der Waals surface area contributed by atoms with Gasteiger partial charge in [-0.1, -0.05) is 44.2 Å². The van der Waals surface area contributed by atoms with Crippen LogP contribution < -0.4 is 5.32 Å². The Labute approximate surface area is 263 Å². The largest absolute Gasteiger partial charge is 0.494 e. The Balaban J connectivity index is 1.38. The number of aromatic amines is 1. The van der Waals surface area contributed by atoms with Gasteiger partial charge in [-0.2, -0.15) is 4.31 Å². The van der Waals surface area contributed by atoms with Gasteiger partial charge in [0.05, 0.1) is 41.7 Å². The van der Waals surface area contributed by atoms with Crippen molar-refractivity contribution in [1.29, 1.82) is 0 Å². The molecule has 2 aromatic carbocycles. The van der Waals surface area contributed by atoms with E-state index >= 15 is 0 Å². The number of amides is 1. The van der Waals surface area contributed by atoms with Crippen LogP contribution in [0, 0.1) is 11.8 Å². The molecular weight excluding hydrogens is 600 g/mol. The van der Waals surface area contributed by atoms with Crippen LogP contribution >= 0.6 is 0 Å². The number of fused-ring (bicyclic) bond motifs is 2. The molecule has 0 unspecified atom stereocenters. The third kappa shape index (κ3) is 7.67. The van der Waals surface area contributed by atoms with E-state index in [0.717, 1.165) is 12.0 Å². The Morgan fingerprint density at radius 1 is 1.20 bits per heavy atom. The number of carbonyl (C=O) groups is 1. The number of aromatic nitrogens is 1. The van der Waals surface area contributed by atoms with Crippen LogP contribution in [-0.2, 0) is 30.7 Å². The Kier molecular flexibility index (Phi) is 10.4. The minimum absolute atomic E-state index is 0.00884. The van der Waals surface area contributed by atoms with Crippen molar-refractivity contribution in [3.63, 3.8) is 0 Å². The number of hydrogen-bond donors (Lipinski definition) is 4. The van der Waals surface area contributed by atoms with Gasteiger partial charge < -0.3 is 34.7 Å². The molecule has 0 bridgehead atoms. The molecule has 2 fully saturated rings. The van der Waals surface area contributed by atoms with Gasteiger partial charge in [-0.3, -0.25) is 4.99 Å². The fraction of sp³-hybridized carbons (Fsp3) is 0.500. The number of aliphatic hydroxyl groups is 1. The van der Waals surface area contributed by atoms with Crippen molar-refractivity contribution in [3.05, 3.63) is 59.7 Å². The monoisotopic (exact) mass is 642 g/mol. The highest BCUT2D eigenvalue weighted by molar-refractivity contribution is 7.89. The fourth-order valence-corrected chi connectivity index (χ4v) is 7.48. The van der Waals surface area contributed by atoms with E-state index in [1.807, 2.05) is 51.1 Å². The summed E-state index contributed by atoms with van der Waals surface area (Å²) in [4.78, 5) is 20.2. The number of rotatable bonds is 13. The molecule has 3 heterocycles. The van der Waals surface area contributed by atoms with Crippen molar-refractivity contribution in [2.24, 2.45) is 16.8 Å². The van der Waals surface area contributed by atoms with E-state index in [-0.39, 0.29) is 55.0 Å². The van der Waals surface area contributed by atoms with E-state index in [0.29, 0.717) is 29.6 Å². The highest BCUT2D eigenvalue weighted by atomic mass is 32.2. The van der Waals surface area contributed by atoms with Gasteiger partial charge >= 0.3 is 6.09 Å². The molecule has 4 N–H and O–H groups in total. The molecule has 45 heavy (non-hydrogen) atoms. The summed E-state index contributed by atoms with van der Waals surface area (Å²) in [5, 5.41) is 25.3. The fourth-order valence-electron chi connectivity index (χ4n) is 5.84. The van der Waals surface area contributed by atoms with Gasteiger partial charge in [0.1, 0.15) is 6.10 Å². The third-order valence-electron chi connectivity index (χ3n) is 8.10. The topological polar surface area (TPSA) is 163 Å². The number of carbonyl (C=O) groups excluding carboxylic acids is 1. The summed E-state index contributed by atoms with van der Waals surface area (Å²) in [7, 11) is -4.12. The summed E-state index contributed by atoms with van der Waals surface area (Å²) in [6, 6.07) is 13.0. The van der Waals surface area contributed by atoms with Crippen LogP contribution in [0.15, 0.2) is 58.4 Å². The maximum atomic E-state index is 14.1. The summed E-state index contributed by atoms with van der Waals surface area (Å²) in [6.07, 6.45) is -0.363. The van der Waals surface area contributed by atoms with Gasteiger partial charge in [0.25, 0.3) is 0 Å². The van der Waals surface area contributed by atoms with E-state index in [1.165, 1.54) is 22.7 Å². The molecule has 3 aromatic rings. The zero-order chi connectivity index (χ0) is 32.1. The van der Waals surface area contributed by atoms with Crippen molar-refractivity contribution >= 4 is 33.2 Å². The molecule has 2 saturated heterocycles. The Bertz CT molecular complexity index is 1590. The summed E-state index contributed by atoms with van der Waals surface area (Å²) >= 11 is 0. The zero-order valence-corrected chi connectivity index (χ0v) is 26.6. The second kappa shape index (κ2) is 14.3. The molecular formula is C32H42N4O8S. The molecule has 1 amide bonds. The average Bonchev–Trinajstić information content (AvgIpc) is 3.70. The number of sulfonamides is 1. The number of alkyl carbamates (subject to hydrolysis) is 1. The van der Waals surface area contributed by atoms with Gasteiger partial charge in [-0.25, -0.2) is 13.2 Å². The maximum absolute atomic E-state index is 14.1. The van der Waals surface area contributed by atoms with Crippen molar-refractivity contribution in [3.8, 4) is 5.88 Å². The molecule has 0 spiro atoms. The predicted octanol–water partition coefficient (Wildman–Crippen LogP) is 3.42. The normalized spacial score (nSPS) is 21.5. The van der Waals surface area contributed by atoms with E-state index in [1.54, 1.807) is 6.07 Å². The first kappa shape index (κ1) is 32.9. The predicted molar refractivity (Wildman–Crippen MR) is 169 cm³/mol. The van der Waals surface area contributed by atoms with Gasteiger partial charge in [-0.15, -0.1) is 0 Å². The summed E-state index contributed by atoms with van der Waals surface area (Å²) in [6.45, 7) is 6.76. The number of aromatic hydroxyl groups is 1. The number of ether oxygens (including phenoxy) is 3. The lowest BCUT2D eigenvalue weighted by molar-refractivity contribution is -0.0907. The van der Waals surface area contributed by atoms with Crippen molar-refractivity contribution in [1.82, 2.24) is 14.6 Å². The van der Waals surface area contributed by atoms with Gasteiger partial charge in [0.2, 0.25) is 10.0 Å². The van der Waals surface area contributed by atoms with Crippen LogP contribution in [0.1, 0.15) is 38.3 Å². The molecule has 0 radical (unpaired) electrons. The molecule has 1 aromatic heterocycles. The quantitative estimate of drug-likeness (QED) is 0.206. The van der Waals surface area contributed by atoms with E-state index in [4.69, 9.17) is 14.2 Å². The number of benzene rings is 2. The molecule has 13 heteroatoms. The lowest BCUT2D eigenvalue weighted by Crippen LogP contribution is -2.51. The molecule has 12 nitrogen and oxygen atoms in total. The number of aliphatic hydroxyl groups excluding tert-OH is 1. The highest BCUT2D eigenvalue weighted by Crippen LogP contribution is 2.33. The second-order valence-electron chi connectivity index (χ2n) is 11.9. The average molecular weight is 643 g/mol. The molecule has 5 rings (SSSR count). The standard InChI is InChI=1S/C32H42N4O8S/c1-4-33-16-25-24-15-22(10-11-26(24)34-30(25)38)45(40,41)36(17-20(2)3)18-28(37)27(14-21-8-6-5-7-9-21)35-32(39)44-29-19-43-31-23(29)12-13-42-31/h5-11,15-16,20,23,27-29,31,34,37-38H,4,12-14,17-19H2,1-3H3,(H,35,39)/t23-,27-,28+,29-,31+/m0/s1. The third-order valence-corrected chi connectivity index (χ3v) is 9.93. The number of nitrogens with zero attached hydrogens (tertiary/aromatic N) is 2. The van der Waals surface area contributed by atoms with Gasteiger partial charge in [0.15, 0.2) is 12.2 Å². The van der Waals surface area contributed by atoms with E-state index in [9.17, 15) is 23.4 Å². The smallest absolute Gasteiger partial charge is 0.407 e. The molecule has 244 valence electrons. The maximum Gasteiger partial charge on any atom is 0.407 e. The second-order valence-corrected chi connectivity index (χ2v) is 13.9. The number of hydrogen-bond acceptors (Lipinski definition) is 9. The van der Waals surface area contributed by atoms with Crippen molar-refractivity contribution in [2.45, 2.75) is 63.0 Å². The van der Waals surface area contributed by atoms with Gasteiger partial charge in [0, 0.05) is 36.8 Å². The molecule has 5 atom stereocenters. The number of nitrogens with one attached hydrogen (secondary N) is 2. The van der Waals surface area contributed by atoms with Crippen LogP contribution in [-0.4, -0.2) is 97.6 Å². The van der Waals surface area contributed by atoms with Crippen LogP contribution in [0.3, 0.4) is 0 Å². The SMILES string of the molecule is CCN=Cc1c(O)[nH]c2ccc(S(=O)(=O)N(CC(C)C)C[C@@H](O)[C@H](Cc3ccccc3)NC(=O)O[C@H]3CO[C@H]4OCC[C@H]43)cc12. The molecule has 0 aliphatic carbocycles. The van der Waals surface area contributed by atoms with Crippen molar-refractivity contribution in [2.75, 3.05) is 32.8 Å². The minimum atomic E-state index is -4.12. The molecule has 2 aliphatic heterocycles. The first-order chi connectivity index (χ1) is 21.6. The Morgan fingerprint density at radius 2 is 1.98 bits per heavy atom. The lowest BCUT2D eigenvalue weighted by atomic mass is 10.0. The van der Waals surface area contributed by atoms with Crippen LogP contribution in [0.25, 0.3) is 10.9 Å². The molecule has 2 aliphatic rings.